The Labute approximate surface area is 150 Å². The Morgan fingerprint density at radius 3 is 2.36 bits per heavy atom. The van der Waals surface area contributed by atoms with Gasteiger partial charge in [0.05, 0.1) is 24.2 Å². The number of hydrogen-bond donors (Lipinski definition) is 0. The summed E-state index contributed by atoms with van der Waals surface area (Å²) in [6.45, 7) is 7.08. The van der Waals surface area contributed by atoms with E-state index in [1.807, 2.05) is 12.1 Å². The van der Waals surface area contributed by atoms with Gasteiger partial charge in [-0.1, -0.05) is 19.1 Å². The normalized spacial score (nSPS) is 17.2. The monoisotopic (exact) mass is 368 g/mol. The van der Waals surface area contributed by atoms with Gasteiger partial charge in [0.25, 0.3) is 0 Å². The van der Waals surface area contributed by atoms with E-state index in [2.05, 4.69) is 9.80 Å². The first-order chi connectivity index (χ1) is 11.9. The number of nitrogens with zero attached hydrogens (tertiary/aromatic N) is 2. The fourth-order valence-electron chi connectivity index (χ4n) is 2.98. The Hall–Kier alpha value is -1.44. The van der Waals surface area contributed by atoms with Crippen LogP contribution in [-0.2, 0) is 25.9 Å². The molecule has 7 heteroatoms. The van der Waals surface area contributed by atoms with Crippen molar-refractivity contribution in [2.24, 2.45) is 0 Å². The van der Waals surface area contributed by atoms with Crippen LogP contribution in [0.5, 0.6) is 0 Å². The standard InChI is InChI=1S/C18H28N2O4S/c1-3-25(22,23)17-7-5-16(6-8-17)15-20-11-4-10-19(13-14-20)12-9-18(21)24-2/h5-8H,3-4,9-15H2,1-2H3. The highest BCUT2D eigenvalue weighted by molar-refractivity contribution is 7.91. The van der Waals surface area contributed by atoms with Crippen molar-refractivity contribution in [2.45, 2.75) is 31.2 Å². The topological polar surface area (TPSA) is 66.9 Å². The molecular weight excluding hydrogens is 340 g/mol. The van der Waals surface area contributed by atoms with Crippen LogP contribution in [0.15, 0.2) is 29.2 Å². The van der Waals surface area contributed by atoms with Crippen molar-refractivity contribution < 1.29 is 17.9 Å². The van der Waals surface area contributed by atoms with Crippen LogP contribution in [0.4, 0.5) is 0 Å². The lowest BCUT2D eigenvalue weighted by molar-refractivity contribution is -0.140. The van der Waals surface area contributed by atoms with Crippen LogP contribution in [0.25, 0.3) is 0 Å². The maximum Gasteiger partial charge on any atom is 0.306 e. The first-order valence-electron chi connectivity index (χ1n) is 8.78. The van der Waals surface area contributed by atoms with Gasteiger partial charge >= 0.3 is 5.97 Å². The minimum absolute atomic E-state index is 0.125. The summed E-state index contributed by atoms with van der Waals surface area (Å²) in [5, 5.41) is 0. The molecule has 1 aliphatic rings. The van der Waals surface area contributed by atoms with Crippen molar-refractivity contribution in [2.75, 3.05) is 45.6 Å². The molecule has 2 rings (SSSR count). The number of rotatable bonds is 7. The highest BCUT2D eigenvalue weighted by atomic mass is 32.2. The third kappa shape index (κ3) is 6.09. The summed E-state index contributed by atoms with van der Waals surface area (Å²) in [7, 11) is -1.71. The quantitative estimate of drug-likeness (QED) is 0.681. The van der Waals surface area contributed by atoms with Gasteiger partial charge in [0, 0.05) is 26.2 Å². The van der Waals surface area contributed by atoms with E-state index in [1.54, 1.807) is 19.1 Å². The number of methoxy groups -OCH3 is 1. The van der Waals surface area contributed by atoms with Gasteiger partial charge in [0.1, 0.15) is 0 Å². The van der Waals surface area contributed by atoms with Crippen LogP contribution < -0.4 is 0 Å². The molecule has 1 aromatic rings. The molecule has 1 saturated heterocycles. The molecule has 0 unspecified atom stereocenters. The van der Waals surface area contributed by atoms with E-state index in [-0.39, 0.29) is 11.7 Å². The van der Waals surface area contributed by atoms with Crippen molar-refractivity contribution in [3.63, 3.8) is 0 Å². The fourth-order valence-corrected chi connectivity index (χ4v) is 3.87. The van der Waals surface area contributed by atoms with Gasteiger partial charge in [-0.15, -0.1) is 0 Å². The van der Waals surface area contributed by atoms with Gasteiger partial charge in [-0.2, -0.15) is 0 Å². The van der Waals surface area contributed by atoms with Gasteiger partial charge in [-0.05, 0) is 37.2 Å². The number of hydrogen-bond acceptors (Lipinski definition) is 6. The number of carbonyl (C=O) groups is 1. The van der Waals surface area contributed by atoms with Gasteiger partial charge in [0.2, 0.25) is 0 Å². The molecule has 1 aromatic carbocycles. The Balaban J connectivity index is 1.86. The van der Waals surface area contributed by atoms with E-state index in [9.17, 15) is 13.2 Å². The minimum atomic E-state index is -3.13. The number of benzene rings is 1. The van der Waals surface area contributed by atoms with Crippen LogP contribution in [0.2, 0.25) is 0 Å². The first kappa shape index (κ1) is 19.9. The Kier molecular flexibility index (Phi) is 7.40. The van der Waals surface area contributed by atoms with Crippen molar-refractivity contribution in [1.29, 1.82) is 0 Å². The molecule has 1 heterocycles. The van der Waals surface area contributed by atoms with E-state index < -0.39 is 9.84 Å². The van der Waals surface area contributed by atoms with E-state index in [1.165, 1.54) is 7.11 Å². The van der Waals surface area contributed by atoms with Gasteiger partial charge < -0.3 is 9.64 Å². The summed E-state index contributed by atoms with van der Waals surface area (Å²) in [4.78, 5) is 16.3. The number of esters is 1. The molecule has 0 N–H and O–H groups in total. The largest absolute Gasteiger partial charge is 0.469 e. The molecule has 0 radical (unpaired) electrons. The molecule has 1 fully saturated rings. The van der Waals surface area contributed by atoms with E-state index in [4.69, 9.17) is 4.74 Å². The molecule has 140 valence electrons. The number of ether oxygens (including phenoxy) is 1. The summed E-state index contributed by atoms with van der Waals surface area (Å²) < 4.78 is 28.4. The summed E-state index contributed by atoms with van der Waals surface area (Å²) >= 11 is 0. The highest BCUT2D eigenvalue weighted by Crippen LogP contribution is 2.15. The zero-order chi connectivity index (χ0) is 18.3. The third-order valence-corrected chi connectivity index (χ3v) is 6.36. The van der Waals surface area contributed by atoms with Gasteiger partial charge in [0.15, 0.2) is 9.84 Å². The average molecular weight is 368 g/mol. The zero-order valence-corrected chi connectivity index (χ0v) is 15.9. The molecular formula is C18H28N2O4S. The van der Waals surface area contributed by atoms with E-state index >= 15 is 0 Å². The van der Waals surface area contributed by atoms with E-state index in [0.717, 1.165) is 51.3 Å². The van der Waals surface area contributed by atoms with Crippen LogP contribution in [0, 0.1) is 0 Å². The minimum Gasteiger partial charge on any atom is -0.469 e. The summed E-state index contributed by atoms with van der Waals surface area (Å²) in [6.07, 6.45) is 1.49. The van der Waals surface area contributed by atoms with Crippen molar-refractivity contribution in [1.82, 2.24) is 9.80 Å². The van der Waals surface area contributed by atoms with Crippen molar-refractivity contribution in [3.8, 4) is 0 Å². The molecule has 0 bridgehead atoms. The second kappa shape index (κ2) is 9.31. The molecule has 0 aliphatic carbocycles. The van der Waals surface area contributed by atoms with Crippen LogP contribution >= 0.6 is 0 Å². The second-order valence-corrected chi connectivity index (χ2v) is 8.62. The molecule has 6 nitrogen and oxygen atoms in total. The molecule has 0 aromatic heterocycles. The lowest BCUT2D eigenvalue weighted by Crippen LogP contribution is -2.32. The Bertz CT molecular complexity index is 658. The van der Waals surface area contributed by atoms with E-state index in [0.29, 0.717) is 11.3 Å². The molecule has 25 heavy (non-hydrogen) atoms. The summed E-state index contributed by atoms with van der Waals surface area (Å²) in [5.74, 6) is -0.0388. The zero-order valence-electron chi connectivity index (χ0n) is 15.1. The maximum atomic E-state index is 11.9. The van der Waals surface area contributed by atoms with Crippen molar-refractivity contribution in [3.05, 3.63) is 29.8 Å². The Morgan fingerprint density at radius 1 is 1.08 bits per heavy atom. The smallest absolute Gasteiger partial charge is 0.306 e. The number of sulfone groups is 1. The summed E-state index contributed by atoms with van der Waals surface area (Å²) in [5.41, 5.74) is 1.12. The third-order valence-electron chi connectivity index (χ3n) is 4.61. The van der Waals surface area contributed by atoms with Gasteiger partial charge in [-0.3, -0.25) is 9.69 Å². The second-order valence-electron chi connectivity index (χ2n) is 6.34. The van der Waals surface area contributed by atoms with Crippen molar-refractivity contribution >= 4 is 15.8 Å². The van der Waals surface area contributed by atoms with Crippen LogP contribution in [0.3, 0.4) is 0 Å². The fraction of sp³-hybridized carbons (Fsp3) is 0.611. The molecule has 1 aliphatic heterocycles. The predicted molar refractivity (Wildman–Crippen MR) is 97.1 cm³/mol. The average Bonchev–Trinajstić information content (AvgIpc) is 2.85. The maximum absolute atomic E-state index is 11.9. The molecule has 0 saturated carbocycles. The van der Waals surface area contributed by atoms with Crippen LogP contribution in [-0.4, -0.2) is 69.8 Å². The number of carbonyl (C=O) groups excluding carboxylic acids is 1. The SMILES string of the molecule is CCS(=O)(=O)c1ccc(CN2CCCN(CCC(=O)OC)CC2)cc1. The Morgan fingerprint density at radius 2 is 1.72 bits per heavy atom. The van der Waals surface area contributed by atoms with Gasteiger partial charge in [-0.25, -0.2) is 8.42 Å². The predicted octanol–water partition coefficient (Wildman–Crippen LogP) is 1.55. The molecule has 0 spiro atoms. The van der Waals surface area contributed by atoms with Crippen LogP contribution in [0.1, 0.15) is 25.3 Å². The first-order valence-corrected chi connectivity index (χ1v) is 10.4. The highest BCUT2D eigenvalue weighted by Gasteiger charge is 2.16. The lowest BCUT2D eigenvalue weighted by atomic mass is 10.2. The molecule has 0 amide bonds. The molecule has 0 atom stereocenters. The summed E-state index contributed by atoms with van der Waals surface area (Å²) in [6, 6.07) is 7.22. The lowest BCUT2D eigenvalue weighted by Gasteiger charge is -2.21.